The van der Waals surface area contributed by atoms with Gasteiger partial charge in [0, 0.05) is 12.8 Å². The van der Waals surface area contributed by atoms with Crippen LogP contribution in [0.15, 0.2) is 36.5 Å². The Morgan fingerprint density at radius 3 is 1.31 bits per heavy atom. The predicted molar refractivity (Wildman–Crippen MR) is 298 cm³/mol. The van der Waals surface area contributed by atoms with Gasteiger partial charge in [0.15, 0.2) is 0 Å². The van der Waals surface area contributed by atoms with Crippen LogP contribution in [0.2, 0.25) is 0 Å². The smallest absolute Gasteiger partial charge is 0.306 e. The van der Waals surface area contributed by atoms with E-state index < -0.39 is 32.5 Å². The highest BCUT2D eigenvalue weighted by Gasteiger charge is 2.27. The van der Waals surface area contributed by atoms with E-state index in [0.717, 1.165) is 51.4 Å². The summed E-state index contributed by atoms with van der Waals surface area (Å²) >= 11 is 0. The van der Waals surface area contributed by atoms with E-state index in [4.69, 9.17) is 13.8 Å². The van der Waals surface area contributed by atoms with Gasteiger partial charge in [0.2, 0.25) is 5.91 Å². The summed E-state index contributed by atoms with van der Waals surface area (Å²) in [6, 6.07) is -0.905. The number of carbonyl (C=O) groups excluding carboxylic acids is 2. The zero-order valence-electron chi connectivity index (χ0n) is 47.0. The Bertz CT molecular complexity index is 1300. The van der Waals surface area contributed by atoms with Crippen molar-refractivity contribution in [2.45, 2.75) is 296 Å². The molecule has 0 spiro atoms. The molecule has 1 N–H and O–H groups in total. The molecular weight excluding hydrogens is 892 g/mol. The fraction of sp³-hybridized carbons (Fsp3) is 0.867. The molecule has 3 unspecified atom stereocenters. The zero-order valence-corrected chi connectivity index (χ0v) is 47.9. The fourth-order valence-corrected chi connectivity index (χ4v) is 9.42. The van der Waals surface area contributed by atoms with E-state index in [1.54, 1.807) is 0 Å². The first-order valence-corrected chi connectivity index (χ1v) is 31.3. The number of quaternary nitrogens is 1. The molecule has 0 rings (SSSR count). The second-order valence-electron chi connectivity index (χ2n) is 21.5. The maximum Gasteiger partial charge on any atom is 0.306 e. The average molecular weight is 1010 g/mol. The lowest BCUT2D eigenvalue weighted by molar-refractivity contribution is -0.870. The van der Waals surface area contributed by atoms with Gasteiger partial charge < -0.3 is 28.5 Å². The molecule has 0 saturated heterocycles. The maximum atomic E-state index is 13.5. The Morgan fingerprint density at radius 1 is 0.500 bits per heavy atom. The molecule has 0 radical (unpaired) electrons. The van der Waals surface area contributed by atoms with Gasteiger partial charge in [0.1, 0.15) is 19.3 Å². The number of amides is 1. The second kappa shape index (κ2) is 50.7. The number of nitrogens with one attached hydrogen (secondary N) is 1. The molecule has 0 fully saturated rings. The third kappa shape index (κ3) is 51.1. The highest BCUT2D eigenvalue weighted by atomic mass is 31.2. The number of allylic oxidation sites excluding steroid dienone is 5. The van der Waals surface area contributed by atoms with Gasteiger partial charge in [-0.25, -0.2) is 0 Å². The zero-order chi connectivity index (χ0) is 51.5. The van der Waals surface area contributed by atoms with E-state index in [1.807, 2.05) is 39.4 Å². The van der Waals surface area contributed by atoms with Crippen LogP contribution in [0.4, 0.5) is 0 Å². The molecule has 0 aliphatic carbocycles. The minimum atomic E-state index is -4.70. The summed E-state index contributed by atoms with van der Waals surface area (Å²) in [6.07, 6.45) is 59.8. The number of hydrogen-bond acceptors (Lipinski definition) is 7. The number of rotatable bonds is 54. The molecule has 0 aromatic carbocycles. The Labute approximate surface area is 434 Å². The number of hydrogen-bond donors (Lipinski definition) is 1. The molecular formula is C60H115N2O7P. The molecule has 0 aromatic rings. The monoisotopic (exact) mass is 1010 g/mol. The van der Waals surface area contributed by atoms with Crippen LogP contribution < -0.4 is 10.2 Å². The van der Waals surface area contributed by atoms with Crippen LogP contribution in [-0.4, -0.2) is 69.4 Å². The van der Waals surface area contributed by atoms with Crippen LogP contribution in [0.1, 0.15) is 284 Å². The van der Waals surface area contributed by atoms with E-state index in [0.29, 0.717) is 23.9 Å². The van der Waals surface area contributed by atoms with E-state index in [9.17, 15) is 19.0 Å². The van der Waals surface area contributed by atoms with Crippen LogP contribution in [-0.2, 0) is 27.9 Å². The molecule has 70 heavy (non-hydrogen) atoms. The van der Waals surface area contributed by atoms with Crippen LogP contribution >= 0.6 is 7.82 Å². The van der Waals surface area contributed by atoms with Gasteiger partial charge in [-0.15, -0.1) is 0 Å². The standard InChI is InChI=1S/C60H115N2O7P/c1-7-10-13-16-19-22-25-28-29-30-31-32-33-35-37-40-43-46-49-52-59(63)61-57(56-68-70(65,66)67-55-54-62(4,5)6)58(51-48-45-42-39-36-27-24-21-18-15-12-9-3)69-60(64)53-50-47-44-41-38-34-26-23-20-17-14-11-8-2/h34,38,44,47-48,51,57-58H,7-33,35-37,39-43,45-46,49-50,52-56H2,1-6H3,(H-,61,63,65,66)/b38-34-,47-44+,51-48+. The van der Waals surface area contributed by atoms with Gasteiger partial charge >= 0.3 is 5.97 Å². The van der Waals surface area contributed by atoms with Gasteiger partial charge in [-0.1, -0.05) is 257 Å². The van der Waals surface area contributed by atoms with Crippen LogP contribution in [0.25, 0.3) is 0 Å². The average Bonchev–Trinajstić information content (AvgIpc) is 3.32. The van der Waals surface area contributed by atoms with Crippen molar-refractivity contribution in [3.8, 4) is 0 Å². The van der Waals surface area contributed by atoms with Crippen molar-refractivity contribution >= 4 is 19.7 Å². The normalized spacial score (nSPS) is 14.0. The largest absolute Gasteiger partial charge is 0.756 e. The first kappa shape index (κ1) is 68.2. The lowest BCUT2D eigenvalue weighted by atomic mass is 10.0. The van der Waals surface area contributed by atoms with Crippen molar-refractivity contribution < 1.29 is 37.3 Å². The number of ether oxygens (including phenoxy) is 1. The maximum absolute atomic E-state index is 13.5. The molecule has 9 nitrogen and oxygen atoms in total. The Morgan fingerprint density at radius 2 is 0.886 bits per heavy atom. The third-order valence-corrected chi connectivity index (χ3v) is 14.3. The van der Waals surface area contributed by atoms with E-state index in [-0.39, 0.29) is 18.9 Å². The van der Waals surface area contributed by atoms with Gasteiger partial charge in [0.25, 0.3) is 7.82 Å². The minimum Gasteiger partial charge on any atom is -0.756 e. The molecule has 0 saturated carbocycles. The molecule has 0 bridgehead atoms. The number of esters is 1. The molecule has 1 amide bonds. The molecule has 3 atom stereocenters. The molecule has 0 heterocycles. The molecule has 0 aliphatic heterocycles. The van der Waals surface area contributed by atoms with Gasteiger partial charge in [-0.2, -0.15) is 0 Å². The molecule has 0 aromatic heterocycles. The molecule has 412 valence electrons. The van der Waals surface area contributed by atoms with Gasteiger partial charge in [-0.05, 0) is 51.0 Å². The van der Waals surface area contributed by atoms with Crippen LogP contribution in [0.5, 0.6) is 0 Å². The minimum absolute atomic E-state index is 0.0275. The van der Waals surface area contributed by atoms with E-state index >= 15 is 0 Å². The van der Waals surface area contributed by atoms with Crippen molar-refractivity contribution in [2.75, 3.05) is 40.9 Å². The number of carbonyl (C=O) groups is 2. The topological polar surface area (TPSA) is 114 Å². The van der Waals surface area contributed by atoms with Crippen molar-refractivity contribution in [1.29, 1.82) is 0 Å². The second-order valence-corrected chi connectivity index (χ2v) is 22.9. The number of nitrogens with zero attached hydrogens (tertiary/aromatic N) is 1. The van der Waals surface area contributed by atoms with Gasteiger partial charge in [0.05, 0.1) is 33.8 Å². The highest BCUT2D eigenvalue weighted by molar-refractivity contribution is 7.45. The van der Waals surface area contributed by atoms with E-state index in [2.05, 4.69) is 44.3 Å². The third-order valence-electron chi connectivity index (χ3n) is 13.3. The Kier molecular flexibility index (Phi) is 49.5. The lowest BCUT2D eigenvalue weighted by Crippen LogP contribution is -2.47. The van der Waals surface area contributed by atoms with E-state index in [1.165, 1.54) is 193 Å². The Hall–Kier alpha value is -1.77. The summed E-state index contributed by atoms with van der Waals surface area (Å²) < 4.78 is 30.2. The van der Waals surface area contributed by atoms with Crippen LogP contribution in [0, 0.1) is 0 Å². The molecule has 0 aliphatic rings. The van der Waals surface area contributed by atoms with Crippen molar-refractivity contribution in [2.24, 2.45) is 0 Å². The van der Waals surface area contributed by atoms with Crippen LogP contribution in [0.3, 0.4) is 0 Å². The number of phosphoric acid groups is 1. The number of unbranched alkanes of at least 4 members (excludes halogenated alkanes) is 34. The highest BCUT2D eigenvalue weighted by Crippen LogP contribution is 2.38. The van der Waals surface area contributed by atoms with Crippen molar-refractivity contribution in [1.82, 2.24) is 5.32 Å². The fourth-order valence-electron chi connectivity index (χ4n) is 8.69. The summed E-state index contributed by atoms with van der Waals surface area (Å²) in [4.78, 5) is 39.8. The lowest BCUT2D eigenvalue weighted by Gasteiger charge is -2.30. The Balaban J connectivity index is 5.30. The summed E-state index contributed by atoms with van der Waals surface area (Å²) in [5.74, 6) is -0.608. The summed E-state index contributed by atoms with van der Waals surface area (Å²) in [7, 11) is 1.17. The summed E-state index contributed by atoms with van der Waals surface area (Å²) in [6.45, 7) is 6.82. The first-order chi connectivity index (χ1) is 33.9. The number of likely N-dealkylation sites (N-methyl/N-ethyl adjacent to an activating group) is 1. The summed E-state index contributed by atoms with van der Waals surface area (Å²) in [5, 5.41) is 3.01. The summed E-state index contributed by atoms with van der Waals surface area (Å²) in [5.41, 5.74) is 0. The quantitative estimate of drug-likeness (QED) is 0.0212. The SMILES string of the molecule is CCCCCCCC/C=C\C/C=C/CCC(=O)OC(/C=C/CCCCCCCCCCCC)C(COP(=O)([O-])OCC[N+](C)(C)C)NC(=O)CCCCCCCCCCCCCCCCCCCCC. The molecule has 10 heteroatoms. The predicted octanol–water partition coefficient (Wildman–Crippen LogP) is 17.3. The van der Waals surface area contributed by atoms with Crippen molar-refractivity contribution in [3.05, 3.63) is 36.5 Å². The van der Waals surface area contributed by atoms with Crippen molar-refractivity contribution in [3.63, 3.8) is 0 Å². The van der Waals surface area contributed by atoms with Gasteiger partial charge in [-0.3, -0.25) is 14.2 Å². The number of phosphoric ester groups is 1. The first-order valence-electron chi connectivity index (χ1n) is 29.8.